The molecule has 3 rings (SSSR count). The summed E-state index contributed by atoms with van der Waals surface area (Å²) in [6.07, 6.45) is 2.57. The van der Waals surface area contributed by atoms with Crippen molar-refractivity contribution in [1.82, 2.24) is 5.32 Å². The highest BCUT2D eigenvalue weighted by Gasteiger charge is 2.38. The van der Waals surface area contributed by atoms with Gasteiger partial charge in [-0.05, 0) is 36.0 Å². The Kier molecular flexibility index (Phi) is 6.21. The van der Waals surface area contributed by atoms with Crippen LogP contribution in [0.5, 0.6) is 11.5 Å². The number of carbonyl (C=O) groups excluding carboxylic acids is 1. The molecule has 2 aromatic rings. The van der Waals surface area contributed by atoms with Gasteiger partial charge in [-0.15, -0.1) is 0 Å². The third-order valence-electron chi connectivity index (χ3n) is 5.87. The summed E-state index contributed by atoms with van der Waals surface area (Å²) < 4.78 is 12.2. The van der Waals surface area contributed by atoms with Gasteiger partial charge in [-0.2, -0.15) is 0 Å². The molecule has 0 aromatic heterocycles. The monoisotopic (exact) mass is 395 g/mol. The van der Waals surface area contributed by atoms with E-state index in [1.54, 1.807) is 0 Å². The molecule has 0 spiro atoms. The number of amides is 1. The van der Waals surface area contributed by atoms with E-state index in [9.17, 15) is 4.79 Å². The highest BCUT2D eigenvalue weighted by Crippen LogP contribution is 2.42. The van der Waals surface area contributed by atoms with Gasteiger partial charge in [0.1, 0.15) is 17.1 Å². The molecule has 1 atom stereocenters. The van der Waals surface area contributed by atoms with Crippen molar-refractivity contribution in [3.05, 3.63) is 59.7 Å². The van der Waals surface area contributed by atoms with Crippen LogP contribution in [0.1, 0.15) is 71.0 Å². The first-order chi connectivity index (χ1) is 13.8. The maximum Gasteiger partial charge on any atom is 0.258 e. The molecular formula is C25H33NO3. The largest absolute Gasteiger partial charge is 0.487 e. The molecule has 0 bridgehead atoms. The predicted molar refractivity (Wildman–Crippen MR) is 117 cm³/mol. The van der Waals surface area contributed by atoms with E-state index >= 15 is 0 Å². The van der Waals surface area contributed by atoms with Gasteiger partial charge in [-0.1, -0.05) is 71.0 Å². The molecule has 4 heteroatoms. The Hall–Kier alpha value is -2.49. The molecular weight excluding hydrogens is 362 g/mol. The van der Waals surface area contributed by atoms with Crippen LogP contribution in [0.3, 0.4) is 0 Å². The lowest BCUT2D eigenvalue weighted by molar-refractivity contribution is -0.124. The lowest BCUT2D eigenvalue weighted by atomic mass is 9.83. The Bertz CT molecular complexity index is 849. The van der Waals surface area contributed by atoms with E-state index in [1.165, 1.54) is 0 Å². The number of hydrogen-bond acceptors (Lipinski definition) is 3. The van der Waals surface area contributed by atoms with Crippen LogP contribution in [-0.4, -0.2) is 18.1 Å². The molecule has 0 radical (unpaired) electrons. The maximum atomic E-state index is 12.8. The molecule has 1 heterocycles. The highest BCUT2D eigenvalue weighted by molar-refractivity contribution is 5.78. The van der Waals surface area contributed by atoms with Gasteiger partial charge in [-0.25, -0.2) is 0 Å². The maximum absolute atomic E-state index is 12.8. The zero-order valence-corrected chi connectivity index (χ0v) is 18.2. The van der Waals surface area contributed by atoms with Crippen molar-refractivity contribution in [3.63, 3.8) is 0 Å². The number of para-hydroxylation sites is 2. The quantitative estimate of drug-likeness (QED) is 0.696. The van der Waals surface area contributed by atoms with Crippen LogP contribution in [-0.2, 0) is 10.2 Å². The minimum atomic E-state index is -0.244. The first kappa shape index (κ1) is 21.2. The summed E-state index contributed by atoms with van der Waals surface area (Å²) in [6.45, 7) is 10.7. The van der Waals surface area contributed by atoms with E-state index < -0.39 is 0 Å². The summed E-state index contributed by atoms with van der Waals surface area (Å²) in [4.78, 5) is 12.8. The zero-order chi connectivity index (χ0) is 21.1. The van der Waals surface area contributed by atoms with Crippen molar-refractivity contribution in [1.29, 1.82) is 0 Å². The first-order valence-electron chi connectivity index (χ1n) is 10.6. The van der Waals surface area contributed by atoms with E-state index in [-0.39, 0.29) is 29.6 Å². The van der Waals surface area contributed by atoms with Crippen molar-refractivity contribution < 1.29 is 14.3 Å². The fourth-order valence-electron chi connectivity index (χ4n) is 4.02. The van der Waals surface area contributed by atoms with E-state index in [0.29, 0.717) is 0 Å². The van der Waals surface area contributed by atoms with Crippen LogP contribution in [0.25, 0.3) is 0 Å². The number of ether oxygens (including phenoxy) is 2. The Morgan fingerprint density at radius 1 is 1.10 bits per heavy atom. The number of nitrogens with one attached hydrogen (secondary N) is 1. The van der Waals surface area contributed by atoms with E-state index in [1.807, 2.05) is 42.5 Å². The Balaban J connectivity index is 1.72. The molecule has 0 saturated heterocycles. The molecule has 1 N–H and O–H groups in total. The van der Waals surface area contributed by atoms with Crippen molar-refractivity contribution >= 4 is 5.91 Å². The second kappa shape index (κ2) is 8.48. The van der Waals surface area contributed by atoms with Gasteiger partial charge in [0.05, 0.1) is 6.04 Å². The number of carbonyl (C=O) groups is 1. The van der Waals surface area contributed by atoms with Gasteiger partial charge in [0, 0.05) is 12.0 Å². The van der Waals surface area contributed by atoms with Crippen molar-refractivity contribution in [2.45, 2.75) is 70.9 Å². The SMILES string of the molecule is CCC1(CC)CC(NC(=O)COc2ccccc2C(C)(C)C)c2ccccc2O1. The lowest BCUT2D eigenvalue weighted by Gasteiger charge is -2.41. The van der Waals surface area contributed by atoms with E-state index in [2.05, 4.69) is 46.0 Å². The van der Waals surface area contributed by atoms with Gasteiger partial charge < -0.3 is 14.8 Å². The van der Waals surface area contributed by atoms with E-state index in [0.717, 1.165) is 41.9 Å². The number of rotatable bonds is 6. The van der Waals surface area contributed by atoms with Gasteiger partial charge in [-0.3, -0.25) is 4.79 Å². The number of hydrogen-bond donors (Lipinski definition) is 1. The Morgan fingerprint density at radius 3 is 2.45 bits per heavy atom. The summed E-state index contributed by atoms with van der Waals surface area (Å²) in [6, 6.07) is 15.8. The molecule has 0 aliphatic carbocycles. The predicted octanol–water partition coefficient (Wildman–Crippen LogP) is 5.56. The average molecular weight is 396 g/mol. The fourth-order valence-corrected chi connectivity index (χ4v) is 4.02. The van der Waals surface area contributed by atoms with Crippen LogP contribution < -0.4 is 14.8 Å². The molecule has 0 saturated carbocycles. The molecule has 1 unspecified atom stereocenters. The minimum absolute atomic E-state index is 0.00212. The molecule has 4 nitrogen and oxygen atoms in total. The molecule has 2 aromatic carbocycles. The summed E-state index contributed by atoms with van der Waals surface area (Å²) in [5, 5.41) is 3.18. The molecule has 1 aliphatic rings. The summed E-state index contributed by atoms with van der Waals surface area (Å²) in [5.74, 6) is 1.52. The van der Waals surface area contributed by atoms with Crippen LogP contribution in [0.15, 0.2) is 48.5 Å². The topological polar surface area (TPSA) is 47.6 Å². The zero-order valence-electron chi connectivity index (χ0n) is 18.2. The van der Waals surface area contributed by atoms with Gasteiger partial charge in [0.2, 0.25) is 0 Å². The summed E-state index contributed by atoms with van der Waals surface area (Å²) in [5.41, 5.74) is 1.84. The minimum Gasteiger partial charge on any atom is -0.487 e. The molecule has 0 fully saturated rings. The second-order valence-electron chi connectivity index (χ2n) is 8.89. The van der Waals surface area contributed by atoms with Crippen molar-refractivity contribution in [3.8, 4) is 11.5 Å². The fraction of sp³-hybridized carbons (Fsp3) is 0.480. The second-order valence-corrected chi connectivity index (χ2v) is 8.89. The normalized spacial score (nSPS) is 17.8. The first-order valence-corrected chi connectivity index (χ1v) is 10.6. The van der Waals surface area contributed by atoms with Gasteiger partial charge in [0.15, 0.2) is 6.61 Å². The highest BCUT2D eigenvalue weighted by atomic mass is 16.5. The average Bonchev–Trinajstić information content (AvgIpc) is 2.71. The molecule has 1 amide bonds. The van der Waals surface area contributed by atoms with Crippen LogP contribution in [0, 0.1) is 0 Å². The lowest BCUT2D eigenvalue weighted by Crippen LogP contribution is -2.45. The number of benzene rings is 2. The third-order valence-corrected chi connectivity index (χ3v) is 5.87. The molecule has 1 aliphatic heterocycles. The van der Waals surface area contributed by atoms with Crippen LogP contribution in [0.4, 0.5) is 0 Å². The van der Waals surface area contributed by atoms with Crippen molar-refractivity contribution in [2.75, 3.05) is 6.61 Å². The standard InChI is InChI=1S/C25H33NO3/c1-6-25(7-2)16-20(18-12-8-10-14-21(18)29-25)26-23(27)17-28-22-15-11-9-13-19(22)24(3,4)5/h8-15,20H,6-7,16-17H2,1-5H3,(H,26,27). The van der Waals surface area contributed by atoms with Gasteiger partial charge >= 0.3 is 0 Å². The van der Waals surface area contributed by atoms with E-state index in [4.69, 9.17) is 9.47 Å². The third kappa shape index (κ3) is 4.75. The van der Waals surface area contributed by atoms with Gasteiger partial charge in [0.25, 0.3) is 5.91 Å². The Morgan fingerprint density at radius 2 is 1.76 bits per heavy atom. The number of fused-ring (bicyclic) bond motifs is 1. The molecule has 156 valence electrons. The van der Waals surface area contributed by atoms with Crippen LogP contribution >= 0.6 is 0 Å². The molecule has 29 heavy (non-hydrogen) atoms. The van der Waals surface area contributed by atoms with Crippen molar-refractivity contribution in [2.24, 2.45) is 0 Å². The summed E-state index contributed by atoms with van der Waals surface area (Å²) in [7, 11) is 0. The Labute approximate surface area is 174 Å². The van der Waals surface area contributed by atoms with Crippen LogP contribution in [0.2, 0.25) is 0 Å². The summed E-state index contributed by atoms with van der Waals surface area (Å²) >= 11 is 0. The smallest absolute Gasteiger partial charge is 0.258 e.